The number of methoxy groups -OCH3 is 1. The van der Waals surface area contributed by atoms with Crippen LogP contribution in [0.5, 0.6) is 5.75 Å². The molecule has 1 saturated carbocycles. The average molecular weight is 332 g/mol. The van der Waals surface area contributed by atoms with Crippen LogP contribution < -0.4 is 9.75 Å². The molecule has 1 fully saturated rings. The van der Waals surface area contributed by atoms with E-state index in [1.165, 1.54) is 6.42 Å². The van der Waals surface area contributed by atoms with Gasteiger partial charge in [0.05, 0.1) is 18.9 Å². The van der Waals surface area contributed by atoms with Crippen LogP contribution in [0.4, 0.5) is 5.69 Å². The lowest BCUT2D eigenvalue weighted by Gasteiger charge is -2.44. The molecule has 3 rings (SSSR count). The minimum Gasteiger partial charge on any atom is -0.490 e. The number of hydrazone groups is 1. The molecule has 0 saturated heterocycles. The number of hydrogen-bond donors (Lipinski definition) is 0. The second-order valence-electron chi connectivity index (χ2n) is 8.39. The van der Waals surface area contributed by atoms with E-state index in [2.05, 4.69) is 32.8 Å². The number of nitrogens with zero attached hydrogens (tertiary/aromatic N) is 2. The van der Waals surface area contributed by atoms with Crippen molar-refractivity contribution in [3.63, 3.8) is 0 Å². The van der Waals surface area contributed by atoms with Gasteiger partial charge < -0.3 is 14.2 Å². The second kappa shape index (κ2) is 6.19. The third kappa shape index (κ3) is 3.94. The maximum Gasteiger partial charge on any atom is 0.407 e. The van der Waals surface area contributed by atoms with Crippen molar-refractivity contribution in [2.24, 2.45) is 15.9 Å². The largest absolute Gasteiger partial charge is 0.490 e. The van der Waals surface area contributed by atoms with Crippen LogP contribution in [0, 0.1) is 10.8 Å². The van der Waals surface area contributed by atoms with E-state index in [1.807, 2.05) is 24.3 Å². The molecule has 5 heteroatoms. The highest BCUT2D eigenvalue weighted by Gasteiger charge is 2.39. The van der Waals surface area contributed by atoms with Gasteiger partial charge in [0.15, 0.2) is 6.73 Å². The Balaban J connectivity index is 1.72. The summed E-state index contributed by atoms with van der Waals surface area (Å²) in [4.78, 5) is 0. The molecule has 5 nitrogen and oxygen atoms in total. The van der Waals surface area contributed by atoms with Gasteiger partial charge in [0.25, 0.3) is 0 Å². The molecule has 1 aliphatic heterocycles. The Bertz CT molecular complexity index is 609. The van der Waals surface area contributed by atoms with Crippen molar-refractivity contribution in [3.8, 4) is 5.75 Å². The Morgan fingerprint density at radius 2 is 1.88 bits per heavy atom. The minimum absolute atomic E-state index is 0.242. The van der Waals surface area contributed by atoms with Crippen molar-refractivity contribution < 1.29 is 14.2 Å². The number of rotatable bonds is 3. The van der Waals surface area contributed by atoms with E-state index in [4.69, 9.17) is 14.2 Å². The lowest BCUT2D eigenvalue weighted by molar-refractivity contribution is 0.0134. The molecule has 132 valence electrons. The first kappa shape index (κ1) is 16.9. The summed E-state index contributed by atoms with van der Waals surface area (Å²) in [5.74, 6) is 0.882. The Morgan fingerprint density at radius 1 is 1.17 bits per heavy atom. The van der Waals surface area contributed by atoms with Gasteiger partial charge in [-0.1, -0.05) is 38.9 Å². The third-order valence-electron chi connectivity index (χ3n) is 4.62. The maximum absolute atomic E-state index is 6.33. The molecule has 0 bridgehead atoms. The zero-order chi connectivity index (χ0) is 17.4. The van der Waals surface area contributed by atoms with Crippen molar-refractivity contribution in [2.45, 2.75) is 53.1 Å². The van der Waals surface area contributed by atoms with Gasteiger partial charge in [0.1, 0.15) is 5.75 Å². The van der Waals surface area contributed by atoms with E-state index in [0.29, 0.717) is 17.6 Å². The number of ether oxygens (including phenoxy) is 3. The van der Waals surface area contributed by atoms with E-state index in [0.717, 1.165) is 24.3 Å². The van der Waals surface area contributed by atoms with E-state index in [-0.39, 0.29) is 12.2 Å². The summed E-state index contributed by atoms with van der Waals surface area (Å²) in [5, 5.41) is 6.03. The van der Waals surface area contributed by atoms with Crippen LogP contribution in [0.1, 0.15) is 47.0 Å². The first-order valence-electron chi connectivity index (χ1n) is 8.56. The fraction of sp³-hybridized carbons (Fsp3) is 0.632. The quantitative estimate of drug-likeness (QED) is 0.824. The molecule has 0 N–H and O–H groups in total. The highest BCUT2D eigenvalue weighted by molar-refractivity contribution is 5.71. The van der Waals surface area contributed by atoms with Crippen LogP contribution in [0.25, 0.3) is 0 Å². The van der Waals surface area contributed by atoms with Crippen LogP contribution in [0.2, 0.25) is 0 Å². The SMILES string of the molecule is COC1=NN(c2cccc(OC3CC(C)(C)CC(C)(C)C3)c2)CO1. The highest BCUT2D eigenvalue weighted by Crippen LogP contribution is 2.46. The Kier molecular flexibility index (Phi) is 4.37. The summed E-state index contributed by atoms with van der Waals surface area (Å²) in [6.07, 6.45) is 3.93. The monoisotopic (exact) mass is 332 g/mol. The van der Waals surface area contributed by atoms with E-state index >= 15 is 0 Å². The molecule has 24 heavy (non-hydrogen) atoms. The number of hydrogen-bond acceptors (Lipinski definition) is 5. The Labute approximate surface area is 144 Å². The third-order valence-corrected chi connectivity index (χ3v) is 4.62. The Hall–Kier alpha value is -1.91. The summed E-state index contributed by atoms with van der Waals surface area (Å²) in [7, 11) is 1.55. The van der Waals surface area contributed by atoms with Crippen molar-refractivity contribution in [1.29, 1.82) is 0 Å². The normalized spacial score (nSPS) is 22.7. The zero-order valence-electron chi connectivity index (χ0n) is 15.3. The molecule has 0 radical (unpaired) electrons. The van der Waals surface area contributed by atoms with E-state index in [9.17, 15) is 0 Å². The van der Waals surface area contributed by atoms with Gasteiger partial charge in [0.2, 0.25) is 0 Å². The molecule has 0 atom stereocenters. The van der Waals surface area contributed by atoms with Gasteiger partial charge in [-0.15, -0.1) is 0 Å². The molecule has 1 aliphatic carbocycles. The average Bonchev–Trinajstić information content (AvgIpc) is 2.93. The molecular weight excluding hydrogens is 304 g/mol. The zero-order valence-corrected chi connectivity index (χ0v) is 15.3. The van der Waals surface area contributed by atoms with Gasteiger partial charge in [-0.2, -0.15) is 0 Å². The van der Waals surface area contributed by atoms with Gasteiger partial charge in [-0.3, -0.25) is 0 Å². The van der Waals surface area contributed by atoms with Crippen LogP contribution in [-0.4, -0.2) is 26.0 Å². The summed E-state index contributed by atoms with van der Waals surface area (Å²) in [5.41, 5.74) is 1.56. The minimum atomic E-state index is 0.242. The fourth-order valence-corrected chi connectivity index (χ4v) is 4.24. The fourth-order valence-electron chi connectivity index (χ4n) is 4.24. The first-order valence-corrected chi connectivity index (χ1v) is 8.56. The number of anilines is 1. The van der Waals surface area contributed by atoms with E-state index < -0.39 is 0 Å². The summed E-state index contributed by atoms with van der Waals surface area (Å²) in [6, 6.07) is 8.01. The second-order valence-corrected chi connectivity index (χ2v) is 8.39. The van der Waals surface area contributed by atoms with E-state index in [1.54, 1.807) is 12.1 Å². The predicted octanol–water partition coefficient (Wildman–Crippen LogP) is 4.38. The van der Waals surface area contributed by atoms with Crippen LogP contribution in [0.15, 0.2) is 29.4 Å². The smallest absolute Gasteiger partial charge is 0.407 e. The first-order chi connectivity index (χ1) is 11.3. The highest BCUT2D eigenvalue weighted by atomic mass is 16.7. The molecule has 0 aromatic heterocycles. The Morgan fingerprint density at radius 3 is 2.50 bits per heavy atom. The van der Waals surface area contributed by atoms with Crippen molar-refractivity contribution in [1.82, 2.24) is 0 Å². The molecule has 0 spiro atoms. The lowest BCUT2D eigenvalue weighted by Crippen LogP contribution is -2.39. The van der Waals surface area contributed by atoms with Crippen LogP contribution in [0.3, 0.4) is 0 Å². The maximum atomic E-state index is 6.33. The lowest BCUT2D eigenvalue weighted by atomic mass is 9.64. The summed E-state index contributed by atoms with van der Waals surface area (Å²) >= 11 is 0. The summed E-state index contributed by atoms with van der Waals surface area (Å²) < 4.78 is 16.7. The van der Waals surface area contributed by atoms with Crippen molar-refractivity contribution >= 4 is 11.8 Å². The number of benzene rings is 1. The van der Waals surface area contributed by atoms with Crippen LogP contribution >= 0.6 is 0 Å². The predicted molar refractivity (Wildman–Crippen MR) is 95.1 cm³/mol. The molecule has 1 heterocycles. The topological polar surface area (TPSA) is 43.3 Å². The van der Waals surface area contributed by atoms with Gasteiger partial charge in [0, 0.05) is 6.07 Å². The van der Waals surface area contributed by atoms with Crippen molar-refractivity contribution in [3.05, 3.63) is 24.3 Å². The molecule has 2 aliphatic rings. The van der Waals surface area contributed by atoms with Gasteiger partial charge >= 0.3 is 6.08 Å². The molecular formula is C19H28N2O3. The van der Waals surface area contributed by atoms with Crippen molar-refractivity contribution in [2.75, 3.05) is 18.8 Å². The standard InChI is InChI=1S/C19H28N2O3/c1-18(2)10-16(11-19(3,4)12-18)24-15-8-6-7-14(9-15)21-13-23-17(20-21)22-5/h6-9,16H,10-13H2,1-5H3. The molecule has 1 aromatic rings. The molecule has 1 aromatic carbocycles. The molecule has 0 unspecified atom stereocenters. The molecule has 0 amide bonds. The van der Waals surface area contributed by atoms with Gasteiger partial charge in [-0.25, -0.2) is 5.01 Å². The van der Waals surface area contributed by atoms with Crippen LogP contribution in [-0.2, 0) is 9.47 Å². The summed E-state index contributed by atoms with van der Waals surface area (Å²) in [6.45, 7) is 9.70. The van der Waals surface area contributed by atoms with Gasteiger partial charge in [-0.05, 0) is 42.2 Å².